The molecule has 1 aromatic carbocycles. The van der Waals surface area contributed by atoms with Crippen LogP contribution in [0.15, 0.2) is 41.2 Å². The molecule has 0 spiro atoms. The van der Waals surface area contributed by atoms with Gasteiger partial charge in [-0.25, -0.2) is 15.0 Å². The number of nitrogens with one attached hydrogen (secondary N) is 3. The molecule has 0 aliphatic carbocycles. The van der Waals surface area contributed by atoms with Crippen molar-refractivity contribution < 1.29 is 18.7 Å². The summed E-state index contributed by atoms with van der Waals surface area (Å²) < 4.78 is 16.8. The van der Waals surface area contributed by atoms with E-state index >= 15 is 0 Å². The van der Waals surface area contributed by atoms with Crippen molar-refractivity contribution in [3.8, 4) is 11.5 Å². The summed E-state index contributed by atoms with van der Waals surface area (Å²) in [6, 6.07) is 7.68. The lowest BCUT2D eigenvalue weighted by atomic mass is 9.95. The third kappa shape index (κ3) is 4.39. The summed E-state index contributed by atoms with van der Waals surface area (Å²) in [5, 5.41) is 7.09. The molecule has 1 aliphatic heterocycles. The first kappa shape index (κ1) is 21.7. The third-order valence-electron chi connectivity index (χ3n) is 5.65. The number of amides is 1. The second-order valence-electron chi connectivity index (χ2n) is 8.46. The number of hydrogen-bond donors (Lipinski definition) is 3. The first-order valence-electron chi connectivity index (χ1n) is 11.2. The minimum absolute atomic E-state index is 0.0456. The van der Waals surface area contributed by atoms with Crippen LogP contribution >= 0.6 is 0 Å². The van der Waals surface area contributed by atoms with E-state index in [0.717, 1.165) is 22.4 Å². The first-order chi connectivity index (χ1) is 16.5. The standard InChI is InChI=1S/C24H26N6O4/c1-13(2)21(15-4-5-19-20(8-15)33-7-6-32-19)30-23-17-9-18(29-22(17)27-12-28-23)24(31)26-11-16-10-25-14(3)34-16/h4-5,8-10,12-13,21H,6-7,11H2,1-3H3,(H,26,31)(H2,27,28,29,30)/t21-/m1/s1. The number of H-pyrrole nitrogens is 1. The van der Waals surface area contributed by atoms with Crippen molar-refractivity contribution in [1.29, 1.82) is 0 Å². The number of nitrogens with zero attached hydrogens (tertiary/aromatic N) is 3. The second-order valence-corrected chi connectivity index (χ2v) is 8.46. The van der Waals surface area contributed by atoms with E-state index in [1.165, 1.54) is 6.33 Å². The Kier molecular flexibility index (Phi) is 5.79. The number of carbonyl (C=O) groups excluding carboxylic acids is 1. The molecular formula is C24H26N6O4. The molecule has 0 fully saturated rings. The van der Waals surface area contributed by atoms with Crippen molar-refractivity contribution in [2.45, 2.75) is 33.4 Å². The van der Waals surface area contributed by atoms with E-state index in [4.69, 9.17) is 13.9 Å². The maximum atomic E-state index is 12.7. The number of aromatic amines is 1. The van der Waals surface area contributed by atoms with Gasteiger partial charge < -0.3 is 29.5 Å². The Bertz CT molecular complexity index is 1330. The fraction of sp³-hybridized carbons (Fsp3) is 0.333. The molecule has 0 bridgehead atoms. The molecule has 5 rings (SSSR count). The number of fused-ring (bicyclic) bond motifs is 2. The van der Waals surface area contributed by atoms with Crippen LogP contribution in [0.3, 0.4) is 0 Å². The highest BCUT2D eigenvalue weighted by Crippen LogP contribution is 2.36. The van der Waals surface area contributed by atoms with E-state index in [0.29, 0.717) is 42.0 Å². The van der Waals surface area contributed by atoms with Crippen LogP contribution in [-0.4, -0.2) is 39.1 Å². The lowest BCUT2D eigenvalue weighted by Crippen LogP contribution is -2.22. The Balaban J connectivity index is 1.38. The molecule has 0 saturated carbocycles. The summed E-state index contributed by atoms with van der Waals surface area (Å²) in [5.74, 6) is 3.25. The topological polar surface area (TPSA) is 127 Å². The van der Waals surface area contributed by atoms with Gasteiger partial charge in [-0.05, 0) is 29.7 Å². The summed E-state index contributed by atoms with van der Waals surface area (Å²) in [5.41, 5.74) is 2.01. The van der Waals surface area contributed by atoms with Gasteiger partial charge in [0.15, 0.2) is 17.4 Å². The number of benzene rings is 1. The van der Waals surface area contributed by atoms with Gasteiger partial charge in [-0.1, -0.05) is 19.9 Å². The van der Waals surface area contributed by atoms with Crippen molar-refractivity contribution in [3.63, 3.8) is 0 Å². The average Bonchev–Trinajstić information content (AvgIpc) is 3.47. The summed E-state index contributed by atoms with van der Waals surface area (Å²) >= 11 is 0. The Morgan fingerprint density at radius 1 is 1.12 bits per heavy atom. The minimum Gasteiger partial charge on any atom is -0.486 e. The number of carbonyl (C=O) groups is 1. The molecular weight excluding hydrogens is 436 g/mol. The van der Waals surface area contributed by atoms with Crippen molar-refractivity contribution >= 4 is 22.8 Å². The molecule has 1 aliphatic rings. The molecule has 3 N–H and O–H groups in total. The van der Waals surface area contributed by atoms with Gasteiger partial charge in [0.25, 0.3) is 5.91 Å². The zero-order valence-electron chi connectivity index (χ0n) is 19.2. The van der Waals surface area contributed by atoms with E-state index in [9.17, 15) is 4.79 Å². The van der Waals surface area contributed by atoms with Crippen LogP contribution in [0.1, 0.15) is 47.6 Å². The quantitative estimate of drug-likeness (QED) is 0.379. The molecule has 10 heteroatoms. The Morgan fingerprint density at radius 3 is 2.71 bits per heavy atom. The van der Waals surface area contributed by atoms with Crippen molar-refractivity contribution in [2.75, 3.05) is 18.5 Å². The van der Waals surface area contributed by atoms with E-state index in [2.05, 4.69) is 44.4 Å². The van der Waals surface area contributed by atoms with Crippen LogP contribution in [0.5, 0.6) is 11.5 Å². The van der Waals surface area contributed by atoms with Crippen LogP contribution < -0.4 is 20.1 Å². The highest BCUT2D eigenvalue weighted by molar-refractivity contribution is 5.99. The molecule has 4 aromatic rings. The van der Waals surface area contributed by atoms with Gasteiger partial charge in [0.05, 0.1) is 24.2 Å². The maximum Gasteiger partial charge on any atom is 0.268 e. The molecule has 0 unspecified atom stereocenters. The molecule has 34 heavy (non-hydrogen) atoms. The van der Waals surface area contributed by atoms with Crippen LogP contribution in [0.2, 0.25) is 0 Å². The van der Waals surface area contributed by atoms with E-state index in [1.807, 2.05) is 18.2 Å². The van der Waals surface area contributed by atoms with Crippen LogP contribution in [-0.2, 0) is 6.54 Å². The highest BCUT2D eigenvalue weighted by atomic mass is 16.6. The average molecular weight is 463 g/mol. The molecule has 10 nitrogen and oxygen atoms in total. The largest absolute Gasteiger partial charge is 0.486 e. The number of aromatic nitrogens is 4. The molecule has 3 aromatic heterocycles. The molecule has 0 radical (unpaired) electrons. The number of ether oxygens (including phenoxy) is 2. The van der Waals surface area contributed by atoms with Gasteiger partial charge >= 0.3 is 0 Å². The highest BCUT2D eigenvalue weighted by Gasteiger charge is 2.22. The number of hydrogen-bond acceptors (Lipinski definition) is 8. The number of oxazole rings is 1. The Labute approximate surface area is 196 Å². The van der Waals surface area contributed by atoms with E-state index in [-0.39, 0.29) is 24.4 Å². The monoisotopic (exact) mass is 462 g/mol. The summed E-state index contributed by atoms with van der Waals surface area (Å²) in [7, 11) is 0. The lowest BCUT2D eigenvalue weighted by molar-refractivity contribution is 0.0943. The first-order valence-corrected chi connectivity index (χ1v) is 11.2. The fourth-order valence-electron chi connectivity index (χ4n) is 3.96. The molecule has 176 valence electrons. The van der Waals surface area contributed by atoms with Gasteiger partial charge in [-0.2, -0.15) is 0 Å². The normalized spacial score (nSPS) is 13.8. The lowest BCUT2D eigenvalue weighted by Gasteiger charge is -2.26. The minimum atomic E-state index is -0.273. The van der Waals surface area contributed by atoms with Crippen molar-refractivity contribution in [1.82, 2.24) is 25.3 Å². The zero-order chi connectivity index (χ0) is 23.7. The van der Waals surface area contributed by atoms with E-state index in [1.54, 1.807) is 19.2 Å². The van der Waals surface area contributed by atoms with Crippen molar-refractivity contribution in [2.24, 2.45) is 5.92 Å². The Morgan fingerprint density at radius 2 is 1.94 bits per heavy atom. The molecule has 1 atom stereocenters. The molecule has 1 amide bonds. The molecule has 4 heterocycles. The zero-order valence-corrected chi connectivity index (χ0v) is 19.2. The number of aryl methyl sites for hydroxylation is 1. The molecule has 0 saturated heterocycles. The fourth-order valence-corrected chi connectivity index (χ4v) is 3.96. The maximum absolute atomic E-state index is 12.7. The number of rotatable bonds is 7. The van der Waals surface area contributed by atoms with Crippen LogP contribution in [0, 0.1) is 12.8 Å². The smallest absolute Gasteiger partial charge is 0.268 e. The SMILES string of the molecule is Cc1ncc(CNC(=O)c2cc3c(N[C@@H](c4ccc5c(c4)OCCO5)C(C)C)ncnc3[nH]2)o1. The van der Waals surface area contributed by atoms with E-state index < -0.39 is 0 Å². The van der Waals surface area contributed by atoms with Gasteiger partial charge in [-0.3, -0.25) is 4.79 Å². The predicted octanol–water partition coefficient (Wildman–Crippen LogP) is 3.76. The summed E-state index contributed by atoms with van der Waals surface area (Å²) in [6.45, 7) is 7.35. The van der Waals surface area contributed by atoms with Crippen LogP contribution in [0.25, 0.3) is 11.0 Å². The predicted molar refractivity (Wildman–Crippen MR) is 125 cm³/mol. The van der Waals surface area contributed by atoms with Crippen molar-refractivity contribution in [3.05, 3.63) is 59.7 Å². The van der Waals surface area contributed by atoms with Gasteiger partial charge in [0.2, 0.25) is 0 Å². The van der Waals surface area contributed by atoms with Gasteiger partial charge in [-0.15, -0.1) is 0 Å². The second kappa shape index (κ2) is 9.05. The Hall–Kier alpha value is -4.08. The van der Waals surface area contributed by atoms with Gasteiger partial charge in [0, 0.05) is 6.92 Å². The summed E-state index contributed by atoms with van der Waals surface area (Å²) in [6.07, 6.45) is 3.07. The van der Waals surface area contributed by atoms with Crippen LogP contribution in [0.4, 0.5) is 5.82 Å². The summed E-state index contributed by atoms with van der Waals surface area (Å²) in [4.78, 5) is 28.6. The van der Waals surface area contributed by atoms with Gasteiger partial charge in [0.1, 0.15) is 42.5 Å². The third-order valence-corrected chi connectivity index (χ3v) is 5.65. The number of anilines is 1.